The molecule has 0 fully saturated rings. The lowest BCUT2D eigenvalue weighted by Crippen LogP contribution is -2.44. The Morgan fingerprint density at radius 1 is 1.37 bits per heavy atom. The molecule has 0 aliphatic carbocycles. The molecule has 0 saturated heterocycles. The predicted molar refractivity (Wildman–Crippen MR) is 71.8 cm³/mol. The van der Waals surface area contributed by atoms with E-state index in [1.54, 1.807) is 6.07 Å². The van der Waals surface area contributed by atoms with E-state index in [1.165, 1.54) is 4.57 Å². The average molecular weight is 257 g/mol. The molecule has 1 N–H and O–H groups in total. The van der Waals surface area contributed by atoms with Crippen LogP contribution in [0.2, 0.25) is 0 Å². The van der Waals surface area contributed by atoms with Crippen LogP contribution >= 0.6 is 0 Å². The molecule has 1 aromatic carbocycles. The zero-order chi connectivity index (χ0) is 13.4. The number of para-hydroxylation sites is 1. The molecule has 5 heteroatoms. The molecule has 1 atom stereocenters. The number of rotatable bonds is 2. The molecule has 98 valence electrons. The van der Waals surface area contributed by atoms with Crippen LogP contribution in [0.25, 0.3) is 10.9 Å². The first-order valence-electron chi connectivity index (χ1n) is 6.49. The minimum atomic E-state index is -0.163. The lowest BCUT2D eigenvalue weighted by molar-refractivity contribution is -0.123. The Balaban J connectivity index is 2.27. The summed E-state index contributed by atoms with van der Waals surface area (Å²) in [6, 6.07) is 7.09. The molecule has 2 heterocycles. The Morgan fingerprint density at radius 3 is 2.95 bits per heavy atom. The monoisotopic (exact) mass is 257 g/mol. The number of fused-ring (bicyclic) bond motifs is 2. The Morgan fingerprint density at radius 2 is 2.16 bits per heavy atom. The molecule has 1 aliphatic heterocycles. The summed E-state index contributed by atoms with van der Waals surface area (Å²) in [5, 5.41) is 3.47. The average Bonchev–Trinajstić information content (AvgIpc) is 2.41. The molecule has 0 saturated carbocycles. The third-order valence-electron chi connectivity index (χ3n) is 3.42. The third-order valence-corrected chi connectivity index (χ3v) is 3.42. The van der Waals surface area contributed by atoms with Crippen molar-refractivity contribution in [2.75, 3.05) is 0 Å². The zero-order valence-electron chi connectivity index (χ0n) is 10.7. The number of carbonyl (C=O) groups is 1. The van der Waals surface area contributed by atoms with E-state index in [0.29, 0.717) is 16.7 Å². The molecule has 2 aromatic rings. The molecular formula is C14H15N3O2. The molecule has 0 spiro atoms. The normalized spacial score (nSPS) is 18.2. The lowest BCUT2D eigenvalue weighted by atomic mass is 10.1. The van der Waals surface area contributed by atoms with Crippen LogP contribution in [-0.4, -0.2) is 15.5 Å². The number of hydrogen-bond donors (Lipinski definition) is 1. The van der Waals surface area contributed by atoms with Crippen LogP contribution in [0.4, 0.5) is 0 Å². The van der Waals surface area contributed by atoms with E-state index in [4.69, 9.17) is 0 Å². The maximum atomic E-state index is 12.4. The molecule has 0 unspecified atom stereocenters. The van der Waals surface area contributed by atoms with Gasteiger partial charge in [-0.25, -0.2) is 4.98 Å². The van der Waals surface area contributed by atoms with Crippen molar-refractivity contribution >= 4 is 16.8 Å². The van der Waals surface area contributed by atoms with Gasteiger partial charge >= 0.3 is 0 Å². The van der Waals surface area contributed by atoms with Gasteiger partial charge in [-0.1, -0.05) is 25.5 Å². The van der Waals surface area contributed by atoms with Gasteiger partial charge in [0.05, 0.1) is 16.9 Å². The van der Waals surface area contributed by atoms with Crippen LogP contribution in [-0.2, 0) is 11.3 Å². The smallest absolute Gasteiger partial charge is 0.261 e. The maximum Gasteiger partial charge on any atom is 0.261 e. The molecule has 1 amide bonds. The fraction of sp³-hybridized carbons (Fsp3) is 0.357. The maximum absolute atomic E-state index is 12.4. The zero-order valence-corrected chi connectivity index (χ0v) is 10.7. The summed E-state index contributed by atoms with van der Waals surface area (Å²) < 4.78 is 1.50. The molecule has 0 bridgehead atoms. The van der Waals surface area contributed by atoms with Crippen LogP contribution in [0.5, 0.6) is 0 Å². The SMILES string of the molecule is CCC[C@@H]1NC(=O)Cn2c1nc1ccccc1c2=O. The number of amides is 1. The van der Waals surface area contributed by atoms with Gasteiger partial charge in [-0.05, 0) is 18.6 Å². The van der Waals surface area contributed by atoms with Gasteiger partial charge in [-0.15, -0.1) is 0 Å². The van der Waals surface area contributed by atoms with Crippen LogP contribution in [0.15, 0.2) is 29.1 Å². The van der Waals surface area contributed by atoms with E-state index in [-0.39, 0.29) is 24.1 Å². The summed E-state index contributed by atoms with van der Waals surface area (Å²) in [6.07, 6.45) is 1.71. The van der Waals surface area contributed by atoms with Gasteiger partial charge in [-0.3, -0.25) is 14.2 Å². The van der Waals surface area contributed by atoms with Gasteiger partial charge in [0.1, 0.15) is 12.4 Å². The van der Waals surface area contributed by atoms with E-state index in [2.05, 4.69) is 10.3 Å². The largest absolute Gasteiger partial charge is 0.345 e. The van der Waals surface area contributed by atoms with Crippen molar-refractivity contribution in [2.45, 2.75) is 32.4 Å². The van der Waals surface area contributed by atoms with Gasteiger partial charge in [0.15, 0.2) is 0 Å². The summed E-state index contributed by atoms with van der Waals surface area (Å²) in [5.74, 6) is 0.551. The highest BCUT2D eigenvalue weighted by molar-refractivity contribution is 5.80. The minimum Gasteiger partial charge on any atom is -0.345 e. The van der Waals surface area contributed by atoms with E-state index in [1.807, 2.05) is 25.1 Å². The Hall–Kier alpha value is -2.17. The summed E-state index contributed by atoms with van der Waals surface area (Å²) in [5.41, 5.74) is 0.563. The van der Waals surface area contributed by atoms with Crippen LogP contribution < -0.4 is 10.9 Å². The Kier molecular flexibility index (Phi) is 2.81. The van der Waals surface area contributed by atoms with Gasteiger partial charge in [0.2, 0.25) is 5.91 Å². The van der Waals surface area contributed by atoms with Crippen molar-refractivity contribution in [2.24, 2.45) is 0 Å². The second-order valence-electron chi connectivity index (χ2n) is 4.79. The summed E-state index contributed by atoms with van der Waals surface area (Å²) in [7, 11) is 0. The van der Waals surface area contributed by atoms with Gasteiger partial charge in [0.25, 0.3) is 5.56 Å². The molecule has 19 heavy (non-hydrogen) atoms. The lowest BCUT2D eigenvalue weighted by Gasteiger charge is -2.26. The van der Waals surface area contributed by atoms with Gasteiger partial charge in [0, 0.05) is 0 Å². The van der Waals surface area contributed by atoms with E-state index in [0.717, 1.165) is 12.8 Å². The van der Waals surface area contributed by atoms with Crippen molar-refractivity contribution in [3.05, 3.63) is 40.4 Å². The van der Waals surface area contributed by atoms with E-state index in [9.17, 15) is 9.59 Å². The highest BCUT2D eigenvalue weighted by atomic mass is 16.2. The van der Waals surface area contributed by atoms with Crippen LogP contribution in [0.3, 0.4) is 0 Å². The van der Waals surface area contributed by atoms with Gasteiger partial charge < -0.3 is 5.32 Å². The standard InChI is InChI=1S/C14H15N3O2/c1-2-5-11-13-16-10-7-4-3-6-9(10)14(19)17(13)8-12(18)15-11/h3-4,6-7,11H,2,5,8H2,1H3,(H,15,18)/t11-/m0/s1. The fourth-order valence-corrected chi connectivity index (χ4v) is 2.54. The number of hydrogen-bond acceptors (Lipinski definition) is 3. The first-order valence-corrected chi connectivity index (χ1v) is 6.49. The van der Waals surface area contributed by atoms with Gasteiger partial charge in [-0.2, -0.15) is 0 Å². The highest BCUT2D eigenvalue weighted by Crippen LogP contribution is 2.21. The number of carbonyl (C=O) groups excluding carboxylic acids is 1. The van der Waals surface area contributed by atoms with E-state index >= 15 is 0 Å². The quantitative estimate of drug-likeness (QED) is 0.883. The number of nitrogens with one attached hydrogen (secondary N) is 1. The second kappa shape index (κ2) is 4.50. The molecular weight excluding hydrogens is 242 g/mol. The molecule has 0 radical (unpaired) electrons. The van der Waals surface area contributed by atoms with Crippen LogP contribution in [0.1, 0.15) is 31.6 Å². The molecule has 5 nitrogen and oxygen atoms in total. The number of aromatic nitrogens is 2. The topological polar surface area (TPSA) is 64.0 Å². The predicted octanol–water partition coefficient (Wildman–Crippen LogP) is 1.37. The molecule has 1 aliphatic rings. The van der Waals surface area contributed by atoms with Crippen molar-refractivity contribution in [3.8, 4) is 0 Å². The number of nitrogens with zero attached hydrogens (tertiary/aromatic N) is 2. The molecule has 1 aromatic heterocycles. The summed E-state index contributed by atoms with van der Waals surface area (Å²) >= 11 is 0. The first kappa shape index (κ1) is 11.9. The Bertz CT molecular complexity index is 705. The van der Waals surface area contributed by atoms with Crippen molar-refractivity contribution < 1.29 is 4.79 Å². The van der Waals surface area contributed by atoms with Crippen molar-refractivity contribution in [3.63, 3.8) is 0 Å². The fourth-order valence-electron chi connectivity index (χ4n) is 2.54. The second-order valence-corrected chi connectivity index (χ2v) is 4.79. The minimum absolute atomic E-state index is 0.0617. The third kappa shape index (κ3) is 1.91. The summed E-state index contributed by atoms with van der Waals surface area (Å²) in [6.45, 7) is 2.11. The number of benzene rings is 1. The van der Waals surface area contributed by atoms with Crippen molar-refractivity contribution in [1.82, 2.24) is 14.9 Å². The van der Waals surface area contributed by atoms with Crippen molar-refractivity contribution in [1.29, 1.82) is 0 Å². The Labute approximate surface area is 110 Å². The van der Waals surface area contributed by atoms with Crippen LogP contribution in [0, 0.1) is 0 Å². The van der Waals surface area contributed by atoms with E-state index < -0.39 is 0 Å². The molecule has 3 rings (SSSR count). The highest BCUT2D eigenvalue weighted by Gasteiger charge is 2.26. The first-order chi connectivity index (χ1) is 9.20. The summed E-state index contributed by atoms with van der Waals surface area (Å²) in [4.78, 5) is 28.7.